The molecule has 2 amide bonds. The summed E-state index contributed by atoms with van der Waals surface area (Å²) in [4.78, 5) is 29.9. The van der Waals surface area contributed by atoms with Crippen molar-refractivity contribution in [2.45, 2.75) is 70.5 Å². The summed E-state index contributed by atoms with van der Waals surface area (Å²) >= 11 is 0. The van der Waals surface area contributed by atoms with E-state index in [1.807, 2.05) is 47.0 Å². The largest absolute Gasteiger partial charge is 0.467 e. The van der Waals surface area contributed by atoms with Crippen LogP contribution in [0.1, 0.15) is 62.8 Å². The molecule has 0 spiro atoms. The van der Waals surface area contributed by atoms with Crippen LogP contribution in [0.25, 0.3) is 0 Å². The van der Waals surface area contributed by atoms with E-state index in [9.17, 15) is 9.59 Å². The van der Waals surface area contributed by atoms with E-state index >= 15 is 0 Å². The van der Waals surface area contributed by atoms with Gasteiger partial charge in [-0.1, -0.05) is 25.7 Å². The number of rotatable bonds is 10. The first kappa shape index (κ1) is 20.8. The van der Waals surface area contributed by atoms with Gasteiger partial charge in [0.1, 0.15) is 12.3 Å². The molecule has 0 aromatic carbocycles. The van der Waals surface area contributed by atoms with E-state index in [1.165, 1.54) is 25.7 Å². The Morgan fingerprint density at radius 2 is 1.87 bits per heavy atom. The van der Waals surface area contributed by atoms with Crippen molar-refractivity contribution < 1.29 is 14.0 Å². The van der Waals surface area contributed by atoms with Gasteiger partial charge in [-0.05, 0) is 49.4 Å². The number of furan rings is 1. The third-order valence-corrected chi connectivity index (χ3v) is 6.54. The average molecular weight is 412 g/mol. The lowest BCUT2D eigenvalue weighted by Gasteiger charge is -2.28. The standard InChI is InChI=1S/C24H33N3O3/c1-25-14-4-8-21(25)16-26(17-22-9-5-15-30-22)24(29)18-27(20-11-12-20)23(28)13-10-19-6-2-3-7-19/h4-5,8-9,14-15,19-20H,2-3,6-7,10-13,16-18H2,1H3. The molecular formula is C24H33N3O3. The smallest absolute Gasteiger partial charge is 0.242 e. The highest BCUT2D eigenvalue weighted by molar-refractivity contribution is 5.85. The molecule has 2 saturated carbocycles. The van der Waals surface area contributed by atoms with E-state index in [0.717, 1.165) is 30.7 Å². The molecule has 2 aliphatic carbocycles. The zero-order valence-corrected chi connectivity index (χ0v) is 18.0. The van der Waals surface area contributed by atoms with Gasteiger partial charge < -0.3 is 18.8 Å². The van der Waals surface area contributed by atoms with Crippen LogP contribution in [0.2, 0.25) is 0 Å². The number of aryl methyl sites for hydroxylation is 1. The highest BCUT2D eigenvalue weighted by Crippen LogP contribution is 2.31. The summed E-state index contributed by atoms with van der Waals surface area (Å²) in [5.74, 6) is 1.57. The van der Waals surface area contributed by atoms with Crippen LogP contribution in [0.5, 0.6) is 0 Å². The van der Waals surface area contributed by atoms with E-state index < -0.39 is 0 Å². The molecule has 2 aliphatic rings. The first-order chi connectivity index (χ1) is 14.6. The molecule has 0 atom stereocenters. The van der Waals surface area contributed by atoms with Crippen LogP contribution in [0.15, 0.2) is 41.1 Å². The molecule has 0 saturated heterocycles. The number of carbonyl (C=O) groups excluding carboxylic acids is 2. The van der Waals surface area contributed by atoms with E-state index in [2.05, 4.69) is 0 Å². The lowest BCUT2D eigenvalue weighted by molar-refractivity contribution is -0.142. The number of carbonyl (C=O) groups is 2. The maximum Gasteiger partial charge on any atom is 0.242 e. The van der Waals surface area contributed by atoms with Gasteiger partial charge in [0.2, 0.25) is 11.8 Å². The second-order valence-corrected chi connectivity index (χ2v) is 8.88. The van der Waals surface area contributed by atoms with Gasteiger partial charge in [0.25, 0.3) is 0 Å². The van der Waals surface area contributed by atoms with Gasteiger partial charge in [-0.2, -0.15) is 0 Å². The fourth-order valence-corrected chi connectivity index (χ4v) is 4.50. The lowest BCUT2D eigenvalue weighted by atomic mass is 10.0. The third kappa shape index (κ3) is 5.35. The minimum absolute atomic E-state index is 0.0197. The molecule has 2 heterocycles. The maximum absolute atomic E-state index is 13.3. The Balaban J connectivity index is 1.40. The molecule has 0 radical (unpaired) electrons. The monoisotopic (exact) mass is 411 g/mol. The van der Waals surface area contributed by atoms with Crippen molar-refractivity contribution >= 4 is 11.8 Å². The molecule has 6 nitrogen and oxygen atoms in total. The van der Waals surface area contributed by atoms with Crippen LogP contribution in [0.4, 0.5) is 0 Å². The van der Waals surface area contributed by atoms with Crippen molar-refractivity contribution in [3.05, 3.63) is 48.2 Å². The van der Waals surface area contributed by atoms with Crippen LogP contribution in [0, 0.1) is 5.92 Å². The Bertz CT molecular complexity index is 832. The topological polar surface area (TPSA) is 58.7 Å². The zero-order valence-electron chi connectivity index (χ0n) is 18.0. The van der Waals surface area contributed by atoms with Crippen molar-refractivity contribution in [1.82, 2.24) is 14.4 Å². The highest BCUT2D eigenvalue weighted by Gasteiger charge is 2.35. The van der Waals surface area contributed by atoms with E-state index in [-0.39, 0.29) is 24.4 Å². The Kier molecular flexibility index (Phi) is 6.60. The molecule has 2 aromatic rings. The SMILES string of the molecule is Cn1cccc1CN(Cc1ccco1)C(=O)CN(C(=O)CCC1CCCC1)C1CC1. The fourth-order valence-electron chi connectivity index (χ4n) is 4.50. The van der Waals surface area contributed by atoms with E-state index in [0.29, 0.717) is 25.4 Å². The first-order valence-corrected chi connectivity index (χ1v) is 11.3. The van der Waals surface area contributed by atoms with E-state index in [1.54, 1.807) is 11.2 Å². The molecule has 0 bridgehead atoms. The normalized spacial score (nSPS) is 16.7. The predicted molar refractivity (Wildman–Crippen MR) is 114 cm³/mol. The number of aromatic nitrogens is 1. The molecule has 4 rings (SSSR count). The van der Waals surface area contributed by atoms with Crippen LogP contribution in [-0.2, 0) is 29.7 Å². The summed E-state index contributed by atoms with van der Waals surface area (Å²) in [5, 5.41) is 0. The molecule has 0 N–H and O–H groups in total. The number of hydrogen-bond acceptors (Lipinski definition) is 3. The molecule has 0 aliphatic heterocycles. The van der Waals surface area contributed by atoms with Crippen LogP contribution in [0.3, 0.4) is 0 Å². The van der Waals surface area contributed by atoms with Crippen molar-refractivity contribution in [3.8, 4) is 0 Å². The quantitative estimate of drug-likeness (QED) is 0.591. The van der Waals surface area contributed by atoms with Crippen molar-refractivity contribution in [3.63, 3.8) is 0 Å². The van der Waals surface area contributed by atoms with Gasteiger partial charge in [-0.15, -0.1) is 0 Å². The van der Waals surface area contributed by atoms with Gasteiger partial charge >= 0.3 is 0 Å². The summed E-state index contributed by atoms with van der Waals surface area (Å²) in [7, 11) is 1.98. The number of hydrogen-bond donors (Lipinski definition) is 0. The average Bonchev–Trinajstić information content (AvgIpc) is 3.12. The minimum Gasteiger partial charge on any atom is -0.467 e. The number of nitrogens with zero attached hydrogens (tertiary/aromatic N) is 3. The lowest BCUT2D eigenvalue weighted by Crippen LogP contribution is -2.43. The van der Waals surface area contributed by atoms with Crippen LogP contribution < -0.4 is 0 Å². The Morgan fingerprint density at radius 3 is 2.50 bits per heavy atom. The highest BCUT2D eigenvalue weighted by atomic mass is 16.3. The first-order valence-electron chi connectivity index (χ1n) is 11.3. The summed E-state index contributed by atoms with van der Waals surface area (Å²) in [6.07, 6.45) is 12.3. The van der Waals surface area contributed by atoms with Crippen molar-refractivity contribution in [2.24, 2.45) is 13.0 Å². The summed E-state index contributed by atoms with van der Waals surface area (Å²) < 4.78 is 7.51. The van der Waals surface area contributed by atoms with Gasteiger partial charge in [0, 0.05) is 31.4 Å². The molecule has 0 unspecified atom stereocenters. The summed E-state index contributed by atoms with van der Waals surface area (Å²) in [5.41, 5.74) is 1.06. The van der Waals surface area contributed by atoms with Gasteiger partial charge in [-0.3, -0.25) is 9.59 Å². The molecule has 6 heteroatoms. The zero-order chi connectivity index (χ0) is 20.9. The van der Waals surface area contributed by atoms with E-state index in [4.69, 9.17) is 4.42 Å². The predicted octanol–water partition coefficient (Wildman–Crippen LogP) is 4.11. The maximum atomic E-state index is 13.3. The molecule has 30 heavy (non-hydrogen) atoms. The Morgan fingerprint density at radius 1 is 1.07 bits per heavy atom. The second kappa shape index (κ2) is 9.54. The molecule has 2 aromatic heterocycles. The van der Waals surface area contributed by atoms with Crippen LogP contribution >= 0.6 is 0 Å². The molecular weight excluding hydrogens is 378 g/mol. The summed E-state index contributed by atoms with van der Waals surface area (Å²) in [6, 6.07) is 7.97. The Labute approximate surface area is 178 Å². The van der Waals surface area contributed by atoms with Crippen molar-refractivity contribution in [1.29, 1.82) is 0 Å². The van der Waals surface area contributed by atoms with Gasteiger partial charge in [0.05, 0.1) is 19.4 Å². The fraction of sp³-hybridized carbons (Fsp3) is 0.583. The summed E-state index contributed by atoms with van der Waals surface area (Å²) in [6.45, 7) is 1.07. The van der Waals surface area contributed by atoms with Crippen LogP contribution in [-0.4, -0.2) is 38.8 Å². The Hall–Kier alpha value is -2.50. The molecule has 162 valence electrons. The van der Waals surface area contributed by atoms with Gasteiger partial charge in [-0.25, -0.2) is 0 Å². The van der Waals surface area contributed by atoms with Gasteiger partial charge in [0.15, 0.2) is 0 Å². The third-order valence-electron chi connectivity index (χ3n) is 6.54. The minimum atomic E-state index is -0.0197. The van der Waals surface area contributed by atoms with Crippen molar-refractivity contribution in [2.75, 3.05) is 6.54 Å². The molecule has 2 fully saturated rings. The number of amides is 2. The second-order valence-electron chi connectivity index (χ2n) is 8.88.